The van der Waals surface area contributed by atoms with Crippen LogP contribution in [0.1, 0.15) is 33.1 Å². The summed E-state index contributed by atoms with van der Waals surface area (Å²) in [6.45, 7) is 3.95. The first-order valence-electron chi connectivity index (χ1n) is 5.31. The topological polar surface area (TPSA) is 53.2 Å². The van der Waals surface area contributed by atoms with E-state index < -0.39 is 12.2 Å². The number of hydrogen-bond acceptors (Lipinski definition) is 3. The van der Waals surface area contributed by atoms with Gasteiger partial charge in [0.2, 0.25) is 0 Å². The van der Waals surface area contributed by atoms with Crippen LogP contribution in [0.15, 0.2) is 0 Å². The van der Waals surface area contributed by atoms with Crippen molar-refractivity contribution >= 4 is 11.6 Å². The number of aliphatic hydroxyl groups is 1. The number of nitrogens with zero attached hydrogens (tertiary/aromatic N) is 1. The Morgan fingerprint density at radius 2 is 2.27 bits per heavy atom. The van der Waals surface area contributed by atoms with Crippen LogP contribution in [0.4, 0.5) is 0 Å². The van der Waals surface area contributed by atoms with Crippen LogP contribution in [0.2, 0.25) is 0 Å². The van der Waals surface area contributed by atoms with E-state index >= 15 is 0 Å². The van der Waals surface area contributed by atoms with Crippen molar-refractivity contribution in [3.63, 3.8) is 0 Å². The van der Waals surface area contributed by atoms with Gasteiger partial charge in [-0.1, -0.05) is 13.8 Å². The standard InChI is InChI=1S/C11H18ClNO2/c1-11(2)9(14)6-8(7-13)15-10(11)4-3-5-12/h8-10,14H,3-6H2,1-2H3/t8-,9+,10+/m0/s1. The summed E-state index contributed by atoms with van der Waals surface area (Å²) in [5.41, 5.74) is -0.292. The van der Waals surface area contributed by atoms with Crippen molar-refractivity contribution in [3.8, 4) is 6.07 Å². The Bertz CT molecular complexity index is 249. The van der Waals surface area contributed by atoms with Gasteiger partial charge in [0.1, 0.15) is 6.10 Å². The van der Waals surface area contributed by atoms with Crippen molar-refractivity contribution in [1.29, 1.82) is 5.26 Å². The smallest absolute Gasteiger partial charge is 0.146 e. The lowest BCUT2D eigenvalue weighted by atomic mass is 9.75. The molecule has 3 atom stereocenters. The summed E-state index contributed by atoms with van der Waals surface area (Å²) >= 11 is 5.64. The quantitative estimate of drug-likeness (QED) is 0.757. The molecule has 86 valence electrons. The predicted molar refractivity (Wildman–Crippen MR) is 58.6 cm³/mol. The lowest BCUT2D eigenvalue weighted by molar-refractivity contribution is -0.159. The molecule has 1 aliphatic heterocycles. The highest BCUT2D eigenvalue weighted by molar-refractivity contribution is 6.17. The van der Waals surface area contributed by atoms with Gasteiger partial charge < -0.3 is 9.84 Å². The van der Waals surface area contributed by atoms with Gasteiger partial charge in [-0.15, -0.1) is 11.6 Å². The van der Waals surface area contributed by atoms with Gasteiger partial charge in [-0.2, -0.15) is 5.26 Å². The molecule has 0 amide bonds. The van der Waals surface area contributed by atoms with Crippen LogP contribution in [0.5, 0.6) is 0 Å². The molecule has 1 saturated heterocycles. The van der Waals surface area contributed by atoms with E-state index in [-0.39, 0.29) is 11.5 Å². The van der Waals surface area contributed by atoms with Crippen molar-refractivity contribution in [2.75, 3.05) is 5.88 Å². The number of nitriles is 1. The van der Waals surface area contributed by atoms with Crippen LogP contribution >= 0.6 is 11.6 Å². The molecule has 1 N–H and O–H groups in total. The van der Waals surface area contributed by atoms with Gasteiger partial charge in [-0.3, -0.25) is 0 Å². The van der Waals surface area contributed by atoms with E-state index in [1.807, 2.05) is 13.8 Å². The maximum absolute atomic E-state index is 9.94. The first-order chi connectivity index (χ1) is 7.02. The van der Waals surface area contributed by atoms with Crippen LogP contribution in [0.3, 0.4) is 0 Å². The summed E-state index contributed by atoms with van der Waals surface area (Å²) in [7, 11) is 0. The van der Waals surface area contributed by atoms with E-state index in [4.69, 9.17) is 21.6 Å². The summed E-state index contributed by atoms with van der Waals surface area (Å²) in [5.74, 6) is 0.587. The van der Waals surface area contributed by atoms with Crippen molar-refractivity contribution < 1.29 is 9.84 Å². The fraction of sp³-hybridized carbons (Fsp3) is 0.909. The molecule has 4 heteroatoms. The largest absolute Gasteiger partial charge is 0.392 e. The zero-order chi connectivity index (χ0) is 11.5. The highest BCUT2D eigenvalue weighted by Gasteiger charge is 2.43. The first-order valence-corrected chi connectivity index (χ1v) is 5.85. The zero-order valence-corrected chi connectivity index (χ0v) is 10.00. The molecule has 3 nitrogen and oxygen atoms in total. The second kappa shape index (κ2) is 5.16. The number of ether oxygens (including phenoxy) is 1. The lowest BCUT2D eigenvalue weighted by Crippen LogP contribution is -2.50. The van der Waals surface area contributed by atoms with Crippen LogP contribution in [-0.2, 0) is 4.74 Å². The lowest BCUT2D eigenvalue weighted by Gasteiger charge is -2.44. The predicted octanol–water partition coefficient (Wildman–Crippen LogP) is 2.07. The summed E-state index contributed by atoms with van der Waals surface area (Å²) in [4.78, 5) is 0. The molecule has 0 aromatic carbocycles. The second-order valence-electron chi connectivity index (χ2n) is 4.65. The molecule has 0 aromatic rings. The van der Waals surface area contributed by atoms with Crippen LogP contribution < -0.4 is 0 Å². The minimum absolute atomic E-state index is 0.0790. The van der Waals surface area contributed by atoms with Crippen molar-refractivity contribution in [1.82, 2.24) is 0 Å². The number of alkyl halides is 1. The van der Waals surface area contributed by atoms with Gasteiger partial charge >= 0.3 is 0 Å². The van der Waals surface area contributed by atoms with Gasteiger partial charge in [0.15, 0.2) is 0 Å². The normalized spacial score (nSPS) is 34.7. The zero-order valence-electron chi connectivity index (χ0n) is 9.24. The average Bonchev–Trinajstić information content (AvgIpc) is 2.20. The molecule has 1 fully saturated rings. The Kier molecular flexibility index (Phi) is 4.39. The molecule has 0 radical (unpaired) electrons. The van der Waals surface area contributed by atoms with Gasteiger partial charge in [0.25, 0.3) is 0 Å². The van der Waals surface area contributed by atoms with E-state index in [2.05, 4.69) is 6.07 Å². The van der Waals surface area contributed by atoms with Crippen molar-refractivity contribution in [2.24, 2.45) is 5.41 Å². The first kappa shape index (κ1) is 12.8. The average molecular weight is 232 g/mol. The minimum atomic E-state index is -0.478. The molecule has 1 aliphatic rings. The van der Waals surface area contributed by atoms with Crippen LogP contribution in [-0.4, -0.2) is 29.3 Å². The van der Waals surface area contributed by atoms with Gasteiger partial charge in [-0.25, -0.2) is 0 Å². The number of halogens is 1. The molecular formula is C11H18ClNO2. The summed E-state index contributed by atoms with van der Waals surface area (Å²) in [6, 6.07) is 2.06. The van der Waals surface area contributed by atoms with Gasteiger partial charge in [-0.05, 0) is 12.8 Å². The molecule has 0 bridgehead atoms. The molecule has 1 heterocycles. The molecule has 0 aromatic heterocycles. The maximum atomic E-state index is 9.94. The molecule has 0 saturated carbocycles. The Balaban J connectivity index is 2.67. The molecule has 1 rings (SSSR count). The van der Waals surface area contributed by atoms with Crippen LogP contribution in [0.25, 0.3) is 0 Å². The second-order valence-corrected chi connectivity index (χ2v) is 5.02. The Hall–Kier alpha value is -0.300. The van der Waals surface area contributed by atoms with E-state index in [0.717, 1.165) is 12.8 Å². The van der Waals surface area contributed by atoms with E-state index in [9.17, 15) is 5.11 Å². The van der Waals surface area contributed by atoms with Crippen LogP contribution in [0, 0.1) is 16.7 Å². The summed E-state index contributed by atoms with van der Waals surface area (Å²) in [6.07, 6.45) is 1.02. The fourth-order valence-electron chi connectivity index (χ4n) is 1.94. The van der Waals surface area contributed by atoms with E-state index in [0.29, 0.717) is 12.3 Å². The number of rotatable bonds is 3. The number of hydrogen-bond donors (Lipinski definition) is 1. The Morgan fingerprint density at radius 1 is 1.60 bits per heavy atom. The Morgan fingerprint density at radius 3 is 2.80 bits per heavy atom. The third-order valence-corrected chi connectivity index (χ3v) is 3.47. The highest BCUT2D eigenvalue weighted by Crippen LogP contribution is 2.38. The van der Waals surface area contributed by atoms with E-state index in [1.165, 1.54) is 0 Å². The highest BCUT2D eigenvalue weighted by atomic mass is 35.5. The molecule has 15 heavy (non-hydrogen) atoms. The molecule has 0 unspecified atom stereocenters. The van der Waals surface area contributed by atoms with Gasteiger partial charge in [0.05, 0.1) is 18.3 Å². The SMILES string of the molecule is CC1(C)[C@H](O)C[C@@H](C#N)O[C@@H]1CCCCl. The monoisotopic (exact) mass is 231 g/mol. The molecular weight excluding hydrogens is 214 g/mol. The third kappa shape index (κ3) is 2.84. The van der Waals surface area contributed by atoms with E-state index in [1.54, 1.807) is 0 Å². The van der Waals surface area contributed by atoms with Crippen molar-refractivity contribution in [3.05, 3.63) is 0 Å². The number of aliphatic hydroxyl groups excluding tert-OH is 1. The minimum Gasteiger partial charge on any atom is -0.392 e. The van der Waals surface area contributed by atoms with Crippen molar-refractivity contribution in [2.45, 2.75) is 51.4 Å². The van der Waals surface area contributed by atoms with Gasteiger partial charge in [0, 0.05) is 17.7 Å². The molecule has 0 aliphatic carbocycles. The maximum Gasteiger partial charge on any atom is 0.146 e. The summed E-state index contributed by atoms with van der Waals surface area (Å²) < 4.78 is 5.64. The molecule has 0 spiro atoms. The third-order valence-electron chi connectivity index (χ3n) is 3.20. The Labute approximate surface area is 96.0 Å². The summed E-state index contributed by atoms with van der Waals surface area (Å²) in [5, 5.41) is 18.8. The fourth-order valence-corrected chi connectivity index (χ4v) is 2.09.